The number of ether oxygens (including phenoxy) is 1. The van der Waals surface area contributed by atoms with E-state index in [0.29, 0.717) is 26.2 Å². The first kappa shape index (κ1) is 16.4. The zero-order valence-corrected chi connectivity index (χ0v) is 11.7. The first-order valence-electron chi connectivity index (χ1n) is 6.60. The zero-order chi connectivity index (χ0) is 15.1. The minimum atomic E-state index is -0.934. The van der Waals surface area contributed by atoms with Gasteiger partial charge in [-0.1, -0.05) is 0 Å². The van der Waals surface area contributed by atoms with Crippen molar-refractivity contribution < 1.29 is 24.2 Å². The number of carboxylic acids is 1. The molecule has 8 nitrogen and oxygen atoms in total. The van der Waals surface area contributed by atoms with Crippen molar-refractivity contribution in [1.82, 2.24) is 15.5 Å². The minimum absolute atomic E-state index is 0.0961. The number of aliphatic carboxylic acids is 1. The number of amides is 3. The molecule has 0 aromatic carbocycles. The van der Waals surface area contributed by atoms with Crippen molar-refractivity contribution in [3.05, 3.63) is 0 Å². The lowest BCUT2D eigenvalue weighted by Gasteiger charge is -2.35. The number of urea groups is 1. The normalized spacial score (nSPS) is 21.0. The van der Waals surface area contributed by atoms with Gasteiger partial charge in [-0.3, -0.25) is 19.8 Å². The minimum Gasteiger partial charge on any atom is -0.481 e. The highest BCUT2D eigenvalue weighted by atomic mass is 16.5. The Hall–Kier alpha value is -1.67. The van der Waals surface area contributed by atoms with E-state index in [1.165, 1.54) is 0 Å². The summed E-state index contributed by atoms with van der Waals surface area (Å²) >= 11 is 0. The van der Waals surface area contributed by atoms with Crippen LogP contribution in [0.15, 0.2) is 0 Å². The molecule has 1 fully saturated rings. The van der Waals surface area contributed by atoms with Crippen LogP contribution in [0.2, 0.25) is 0 Å². The molecule has 0 aromatic heterocycles. The summed E-state index contributed by atoms with van der Waals surface area (Å²) in [5, 5.41) is 13.5. The zero-order valence-electron chi connectivity index (χ0n) is 11.7. The molecule has 0 bridgehead atoms. The van der Waals surface area contributed by atoms with E-state index >= 15 is 0 Å². The van der Waals surface area contributed by atoms with Crippen LogP contribution >= 0.6 is 0 Å². The monoisotopic (exact) mass is 287 g/mol. The summed E-state index contributed by atoms with van der Waals surface area (Å²) < 4.78 is 5.34. The fraction of sp³-hybridized carbons (Fsp3) is 0.750. The second kappa shape index (κ2) is 7.81. The second-order valence-electron chi connectivity index (χ2n) is 4.61. The Morgan fingerprint density at radius 2 is 2.15 bits per heavy atom. The number of hydrogen-bond acceptors (Lipinski definition) is 5. The summed E-state index contributed by atoms with van der Waals surface area (Å²) in [6, 6.07) is -1.04. The van der Waals surface area contributed by atoms with Crippen molar-refractivity contribution in [2.75, 3.05) is 26.2 Å². The third-order valence-corrected chi connectivity index (χ3v) is 3.07. The number of rotatable bonds is 5. The fourth-order valence-electron chi connectivity index (χ4n) is 2.00. The van der Waals surface area contributed by atoms with E-state index in [1.54, 1.807) is 13.8 Å². The maximum atomic E-state index is 11.9. The third-order valence-electron chi connectivity index (χ3n) is 3.07. The van der Waals surface area contributed by atoms with Crippen LogP contribution in [-0.2, 0) is 14.3 Å². The molecule has 1 rings (SSSR count). The molecule has 1 aliphatic heterocycles. The van der Waals surface area contributed by atoms with Crippen LogP contribution in [0.25, 0.3) is 0 Å². The van der Waals surface area contributed by atoms with Crippen LogP contribution in [0.4, 0.5) is 4.79 Å². The SMILES string of the molecule is CCNC(=O)NC(=O)C(C)N1CCOC(CC(=O)O)C1. The van der Waals surface area contributed by atoms with Crippen molar-refractivity contribution >= 4 is 17.9 Å². The van der Waals surface area contributed by atoms with Gasteiger partial charge in [0.05, 0.1) is 25.2 Å². The van der Waals surface area contributed by atoms with E-state index in [9.17, 15) is 14.4 Å². The molecule has 20 heavy (non-hydrogen) atoms. The fourth-order valence-corrected chi connectivity index (χ4v) is 2.00. The molecule has 1 heterocycles. The van der Waals surface area contributed by atoms with Gasteiger partial charge in [-0.25, -0.2) is 4.79 Å². The Kier molecular flexibility index (Phi) is 6.40. The van der Waals surface area contributed by atoms with Gasteiger partial charge in [0, 0.05) is 19.6 Å². The summed E-state index contributed by atoms with van der Waals surface area (Å²) in [7, 11) is 0. The highest BCUT2D eigenvalue weighted by molar-refractivity contribution is 5.96. The van der Waals surface area contributed by atoms with E-state index in [0.717, 1.165) is 0 Å². The van der Waals surface area contributed by atoms with E-state index in [1.807, 2.05) is 4.90 Å². The van der Waals surface area contributed by atoms with Crippen molar-refractivity contribution in [1.29, 1.82) is 0 Å². The molecule has 0 aliphatic carbocycles. The van der Waals surface area contributed by atoms with E-state index in [-0.39, 0.29) is 6.42 Å². The van der Waals surface area contributed by atoms with Gasteiger partial charge in [-0.05, 0) is 13.8 Å². The van der Waals surface area contributed by atoms with Crippen molar-refractivity contribution in [3.8, 4) is 0 Å². The molecule has 0 spiro atoms. The van der Waals surface area contributed by atoms with Gasteiger partial charge in [-0.15, -0.1) is 0 Å². The van der Waals surface area contributed by atoms with Crippen LogP contribution in [0.3, 0.4) is 0 Å². The van der Waals surface area contributed by atoms with Crippen LogP contribution in [0.1, 0.15) is 20.3 Å². The molecule has 3 N–H and O–H groups in total. The number of morpholine rings is 1. The maximum Gasteiger partial charge on any atom is 0.321 e. The molecule has 1 saturated heterocycles. The number of carbonyl (C=O) groups is 3. The summed E-state index contributed by atoms with van der Waals surface area (Å²) in [4.78, 5) is 35.6. The highest BCUT2D eigenvalue weighted by Crippen LogP contribution is 2.11. The molecule has 3 amide bonds. The number of carbonyl (C=O) groups excluding carboxylic acids is 2. The first-order chi connectivity index (χ1) is 9.43. The third kappa shape index (κ3) is 5.14. The molecule has 1 aliphatic rings. The first-order valence-corrected chi connectivity index (χ1v) is 6.60. The predicted octanol–water partition coefficient (Wildman–Crippen LogP) is -0.604. The number of imide groups is 1. The van der Waals surface area contributed by atoms with Crippen molar-refractivity contribution in [2.45, 2.75) is 32.4 Å². The Balaban J connectivity index is 2.49. The number of nitrogens with zero attached hydrogens (tertiary/aromatic N) is 1. The van der Waals surface area contributed by atoms with Crippen LogP contribution in [-0.4, -0.2) is 66.3 Å². The summed E-state index contributed by atoms with van der Waals surface area (Å²) in [6.45, 7) is 5.13. The Labute approximate surface area is 117 Å². The smallest absolute Gasteiger partial charge is 0.321 e. The molecule has 114 valence electrons. The van der Waals surface area contributed by atoms with E-state index < -0.39 is 30.1 Å². The van der Waals surface area contributed by atoms with Gasteiger partial charge in [0.15, 0.2) is 0 Å². The number of nitrogens with one attached hydrogen (secondary N) is 2. The number of hydrogen-bond donors (Lipinski definition) is 3. The second-order valence-corrected chi connectivity index (χ2v) is 4.61. The van der Waals surface area contributed by atoms with Gasteiger partial charge in [0.25, 0.3) is 0 Å². The molecule has 2 unspecified atom stereocenters. The van der Waals surface area contributed by atoms with E-state index in [4.69, 9.17) is 9.84 Å². The number of carboxylic acid groups (broad SMARTS) is 1. The summed E-state index contributed by atoms with van der Waals surface area (Å²) in [5.74, 6) is -1.34. The van der Waals surface area contributed by atoms with Gasteiger partial charge >= 0.3 is 12.0 Å². The van der Waals surface area contributed by atoms with Gasteiger partial charge < -0.3 is 15.2 Å². The summed E-state index contributed by atoms with van der Waals surface area (Å²) in [6.07, 6.45) is -0.526. The molecule has 0 saturated carbocycles. The summed E-state index contributed by atoms with van der Waals surface area (Å²) in [5.41, 5.74) is 0. The maximum absolute atomic E-state index is 11.9. The lowest BCUT2D eigenvalue weighted by Crippen LogP contribution is -2.54. The molecule has 0 radical (unpaired) electrons. The van der Waals surface area contributed by atoms with Gasteiger partial charge in [0.1, 0.15) is 0 Å². The predicted molar refractivity (Wildman–Crippen MR) is 70.2 cm³/mol. The van der Waals surface area contributed by atoms with Crippen molar-refractivity contribution in [2.24, 2.45) is 0 Å². The van der Waals surface area contributed by atoms with Crippen LogP contribution in [0, 0.1) is 0 Å². The average molecular weight is 287 g/mol. The Morgan fingerprint density at radius 1 is 1.45 bits per heavy atom. The standard InChI is InChI=1S/C12H21N3O5/c1-3-13-12(19)14-11(18)8(2)15-4-5-20-9(7-15)6-10(16)17/h8-9H,3-7H2,1-2H3,(H,16,17)(H2,13,14,18,19). The average Bonchev–Trinajstić information content (AvgIpc) is 2.37. The Bertz CT molecular complexity index is 374. The molecule has 0 aromatic rings. The van der Waals surface area contributed by atoms with Crippen LogP contribution < -0.4 is 10.6 Å². The van der Waals surface area contributed by atoms with E-state index in [2.05, 4.69) is 10.6 Å². The molecular weight excluding hydrogens is 266 g/mol. The molecule has 8 heteroatoms. The Morgan fingerprint density at radius 3 is 2.75 bits per heavy atom. The molecule has 2 atom stereocenters. The largest absolute Gasteiger partial charge is 0.481 e. The van der Waals surface area contributed by atoms with Crippen LogP contribution in [0.5, 0.6) is 0 Å². The topological polar surface area (TPSA) is 108 Å². The molecular formula is C12H21N3O5. The van der Waals surface area contributed by atoms with Gasteiger partial charge in [-0.2, -0.15) is 0 Å². The highest BCUT2D eigenvalue weighted by Gasteiger charge is 2.29. The van der Waals surface area contributed by atoms with Gasteiger partial charge in [0.2, 0.25) is 5.91 Å². The lowest BCUT2D eigenvalue weighted by molar-refractivity contribution is -0.143. The lowest BCUT2D eigenvalue weighted by atomic mass is 10.1. The quantitative estimate of drug-likeness (QED) is 0.623. The van der Waals surface area contributed by atoms with Crippen molar-refractivity contribution in [3.63, 3.8) is 0 Å².